The maximum Gasteiger partial charge on any atom is 0.258 e. The summed E-state index contributed by atoms with van der Waals surface area (Å²) < 4.78 is 29.3. The van der Waals surface area contributed by atoms with Crippen LogP contribution in [0.3, 0.4) is 0 Å². The van der Waals surface area contributed by atoms with Gasteiger partial charge < -0.3 is 10.2 Å². The van der Waals surface area contributed by atoms with E-state index in [9.17, 15) is 18.4 Å². The quantitative estimate of drug-likeness (QED) is 0.561. The van der Waals surface area contributed by atoms with E-state index in [2.05, 4.69) is 10.4 Å². The van der Waals surface area contributed by atoms with E-state index in [1.807, 2.05) is 18.2 Å². The molecule has 0 aliphatic carbocycles. The van der Waals surface area contributed by atoms with Crippen molar-refractivity contribution >= 4 is 29.1 Å². The molecule has 32 heavy (non-hydrogen) atoms. The smallest absolute Gasteiger partial charge is 0.258 e. The molecule has 0 saturated carbocycles. The van der Waals surface area contributed by atoms with Gasteiger partial charge in [0.2, 0.25) is 5.91 Å². The number of likely N-dealkylation sites (N-methyl/N-ethyl adjacent to an activating group) is 1. The molecule has 1 aromatic heterocycles. The van der Waals surface area contributed by atoms with E-state index in [0.29, 0.717) is 28.5 Å². The SMILES string of the molecule is CCN(CC(=O)Nc1c(F)cccc1F)C(=O)c1c(C)nn(Cc2ccccc2Cl)c1C. The van der Waals surface area contributed by atoms with Gasteiger partial charge in [-0.25, -0.2) is 8.78 Å². The maximum absolute atomic E-state index is 13.8. The lowest BCUT2D eigenvalue weighted by atomic mass is 10.1. The average molecular weight is 461 g/mol. The molecule has 3 rings (SSSR count). The van der Waals surface area contributed by atoms with Gasteiger partial charge in [-0.05, 0) is 44.5 Å². The number of aromatic nitrogens is 2. The van der Waals surface area contributed by atoms with Crippen molar-refractivity contribution in [3.8, 4) is 0 Å². The summed E-state index contributed by atoms with van der Waals surface area (Å²) in [6.07, 6.45) is 0. The summed E-state index contributed by atoms with van der Waals surface area (Å²) in [4.78, 5) is 26.9. The van der Waals surface area contributed by atoms with Crippen molar-refractivity contribution < 1.29 is 18.4 Å². The molecule has 9 heteroatoms. The summed E-state index contributed by atoms with van der Waals surface area (Å²) >= 11 is 6.24. The number of hydrogen-bond donors (Lipinski definition) is 1. The minimum absolute atomic E-state index is 0.223. The van der Waals surface area contributed by atoms with Gasteiger partial charge in [0.1, 0.15) is 23.9 Å². The summed E-state index contributed by atoms with van der Waals surface area (Å²) in [5, 5.41) is 7.27. The molecular weight excluding hydrogens is 438 g/mol. The van der Waals surface area contributed by atoms with Crippen LogP contribution in [-0.4, -0.2) is 39.6 Å². The molecule has 0 radical (unpaired) electrons. The summed E-state index contributed by atoms with van der Waals surface area (Å²) in [7, 11) is 0. The summed E-state index contributed by atoms with van der Waals surface area (Å²) in [6, 6.07) is 10.7. The Kier molecular flexibility index (Phi) is 7.25. The maximum atomic E-state index is 13.8. The minimum Gasteiger partial charge on any atom is -0.329 e. The monoisotopic (exact) mass is 460 g/mol. The van der Waals surface area contributed by atoms with Gasteiger partial charge >= 0.3 is 0 Å². The molecule has 1 heterocycles. The molecular formula is C23H23ClF2N4O2. The third kappa shape index (κ3) is 4.96. The van der Waals surface area contributed by atoms with Crippen molar-refractivity contribution in [1.82, 2.24) is 14.7 Å². The van der Waals surface area contributed by atoms with E-state index in [1.54, 1.807) is 31.5 Å². The number of carbonyl (C=O) groups is 2. The van der Waals surface area contributed by atoms with Crippen LogP contribution in [0.15, 0.2) is 42.5 Å². The van der Waals surface area contributed by atoms with Crippen molar-refractivity contribution in [2.45, 2.75) is 27.3 Å². The highest BCUT2D eigenvalue weighted by Crippen LogP contribution is 2.21. The van der Waals surface area contributed by atoms with Crippen LogP contribution in [0.1, 0.15) is 34.2 Å². The first-order chi connectivity index (χ1) is 15.2. The Morgan fingerprint density at radius 1 is 1.09 bits per heavy atom. The highest BCUT2D eigenvalue weighted by molar-refractivity contribution is 6.31. The molecule has 0 aliphatic rings. The standard InChI is InChI=1S/C23H23ClF2N4O2/c1-4-29(13-20(31)27-22-18(25)10-7-11-19(22)26)23(32)21-14(2)28-30(15(21)3)12-16-8-5-6-9-17(16)24/h5-11H,4,12-13H2,1-3H3,(H,27,31). The Labute approximate surface area is 189 Å². The highest BCUT2D eigenvalue weighted by Gasteiger charge is 2.25. The lowest BCUT2D eigenvalue weighted by Gasteiger charge is -2.21. The van der Waals surface area contributed by atoms with E-state index in [-0.39, 0.29) is 13.1 Å². The van der Waals surface area contributed by atoms with Gasteiger partial charge in [0.15, 0.2) is 0 Å². The van der Waals surface area contributed by atoms with Gasteiger partial charge in [-0.1, -0.05) is 35.9 Å². The zero-order valence-corrected chi connectivity index (χ0v) is 18.7. The van der Waals surface area contributed by atoms with Crippen molar-refractivity contribution in [2.24, 2.45) is 0 Å². The Morgan fingerprint density at radius 3 is 2.38 bits per heavy atom. The zero-order chi connectivity index (χ0) is 23.4. The first-order valence-electron chi connectivity index (χ1n) is 10.0. The molecule has 168 valence electrons. The molecule has 6 nitrogen and oxygen atoms in total. The van der Waals surface area contributed by atoms with E-state index in [0.717, 1.165) is 17.7 Å². The molecule has 0 unspecified atom stereocenters. The summed E-state index contributed by atoms with van der Waals surface area (Å²) in [6.45, 7) is 5.45. The normalized spacial score (nSPS) is 10.8. The number of hydrogen-bond acceptors (Lipinski definition) is 3. The Bertz CT molecular complexity index is 1140. The van der Waals surface area contributed by atoms with Crippen LogP contribution in [0.5, 0.6) is 0 Å². The van der Waals surface area contributed by atoms with Gasteiger partial charge in [-0.3, -0.25) is 14.3 Å². The summed E-state index contributed by atoms with van der Waals surface area (Å²) in [5.41, 5.74) is 1.84. The van der Waals surface area contributed by atoms with Gasteiger partial charge in [0.05, 0.1) is 17.8 Å². The predicted molar refractivity (Wildman–Crippen MR) is 119 cm³/mol. The fourth-order valence-electron chi connectivity index (χ4n) is 3.40. The van der Waals surface area contributed by atoms with E-state index < -0.39 is 29.1 Å². The van der Waals surface area contributed by atoms with Crippen LogP contribution in [0.4, 0.5) is 14.5 Å². The number of carbonyl (C=O) groups excluding carboxylic acids is 2. The average Bonchev–Trinajstić information content (AvgIpc) is 3.03. The number of nitrogens with one attached hydrogen (secondary N) is 1. The molecule has 0 atom stereocenters. The molecule has 0 aliphatic heterocycles. The number of para-hydroxylation sites is 1. The number of nitrogens with zero attached hydrogens (tertiary/aromatic N) is 3. The summed E-state index contributed by atoms with van der Waals surface area (Å²) in [5.74, 6) is -2.87. The highest BCUT2D eigenvalue weighted by atomic mass is 35.5. The van der Waals surface area contributed by atoms with E-state index in [4.69, 9.17) is 11.6 Å². The number of benzene rings is 2. The second kappa shape index (κ2) is 9.91. The van der Waals surface area contributed by atoms with Crippen LogP contribution in [0, 0.1) is 25.5 Å². The van der Waals surface area contributed by atoms with Gasteiger partial charge in [0, 0.05) is 17.3 Å². The molecule has 0 saturated heterocycles. The molecule has 0 spiro atoms. The fraction of sp³-hybridized carbons (Fsp3) is 0.261. The lowest BCUT2D eigenvalue weighted by molar-refractivity contribution is -0.116. The largest absolute Gasteiger partial charge is 0.329 e. The number of rotatable bonds is 7. The first kappa shape index (κ1) is 23.4. The molecule has 3 aromatic rings. The van der Waals surface area contributed by atoms with Gasteiger partial charge in [0.25, 0.3) is 5.91 Å². The van der Waals surface area contributed by atoms with E-state index >= 15 is 0 Å². The predicted octanol–water partition coefficient (Wildman–Crippen LogP) is 4.58. The van der Waals surface area contributed by atoms with E-state index in [1.165, 1.54) is 11.0 Å². The van der Waals surface area contributed by atoms with Crippen molar-refractivity contribution in [3.05, 3.63) is 81.6 Å². The minimum atomic E-state index is -0.889. The third-order valence-electron chi connectivity index (χ3n) is 5.10. The molecule has 2 amide bonds. The van der Waals surface area contributed by atoms with Crippen molar-refractivity contribution in [1.29, 1.82) is 0 Å². The van der Waals surface area contributed by atoms with Gasteiger partial charge in [-0.15, -0.1) is 0 Å². The second-order valence-electron chi connectivity index (χ2n) is 7.26. The fourth-order valence-corrected chi connectivity index (χ4v) is 3.60. The van der Waals surface area contributed by atoms with Crippen LogP contribution in [0.2, 0.25) is 5.02 Å². The molecule has 0 fully saturated rings. The molecule has 1 N–H and O–H groups in total. The first-order valence-corrected chi connectivity index (χ1v) is 10.4. The molecule has 0 bridgehead atoms. The van der Waals surface area contributed by atoms with Crippen molar-refractivity contribution in [2.75, 3.05) is 18.4 Å². The lowest BCUT2D eigenvalue weighted by Crippen LogP contribution is -2.38. The van der Waals surface area contributed by atoms with Crippen LogP contribution in [-0.2, 0) is 11.3 Å². The zero-order valence-electron chi connectivity index (χ0n) is 18.0. The second-order valence-corrected chi connectivity index (χ2v) is 7.67. The number of halogens is 3. The van der Waals surface area contributed by atoms with Crippen LogP contribution >= 0.6 is 11.6 Å². The number of amides is 2. The topological polar surface area (TPSA) is 67.2 Å². The van der Waals surface area contributed by atoms with Gasteiger partial charge in [-0.2, -0.15) is 5.10 Å². The number of aryl methyl sites for hydroxylation is 1. The Balaban J connectivity index is 1.78. The number of anilines is 1. The van der Waals surface area contributed by atoms with Crippen LogP contribution in [0.25, 0.3) is 0 Å². The Morgan fingerprint density at radius 2 is 1.75 bits per heavy atom. The Hall–Kier alpha value is -3.26. The third-order valence-corrected chi connectivity index (χ3v) is 5.47. The molecule has 2 aromatic carbocycles. The van der Waals surface area contributed by atoms with Crippen LogP contribution < -0.4 is 5.32 Å². The van der Waals surface area contributed by atoms with Crippen molar-refractivity contribution in [3.63, 3.8) is 0 Å².